The molecule has 0 aliphatic heterocycles. The third-order valence-electron chi connectivity index (χ3n) is 2.88. The van der Waals surface area contributed by atoms with E-state index < -0.39 is 5.97 Å². The van der Waals surface area contributed by atoms with Crippen LogP contribution >= 0.6 is 15.9 Å². The summed E-state index contributed by atoms with van der Waals surface area (Å²) < 4.78 is 0.895. The molecule has 0 radical (unpaired) electrons. The zero-order valence-electron chi connectivity index (χ0n) is 12.1. The molecule has 1 aromatic rings. The van der Waals surface area contributed by atoms with E-state index in [0.717, 1.165) is 4.47 Å². The van der Waals surface area contributed by atoms with Crippen LogP contribution in [0.3, 0.4) is 0 Å². The van der Waals surface area contributed by atoms with Crippen molar-refractivity contribution in [2.24, 2.45) is 0 Å². The van der Waals surface area contributed by atoms with Crippen LogP contribution in [0.15, 0.2) is 28.7 Å². The van der Waals surface area contributed by atoms with Crippen molar-refractivity contribution in [2.45, 2.75) is 25.7 Å². The molecule has 0 heterocycles. The third kappa shape index (κ3) is 7.78. The Morgan fingerprint density at radius 1 is 0.955 bits per heavy atom. The van der Waals surface area contributed by atoms with Gasteiger partial charge >= 0.3 is 5.97 Å². The number of carboxylic acids is 1. The zero-order chi connectivity index (χ0) is 16.4. The van der Waals surface area contributed by atoms with Crippen molar-refractivity contribution in [1.82, 2.24) is 10.6 Å². The predicted molar refractivity (Wildman–Crippen MR) is 85.6 cm³/mol. The van der Waals surface area contributed by atoms with Gasteiger partial charge in [0.25, 0.3) is 5.91 Å². The lowest BCUT2D eigenvalue weighted by atomic mass is 10.2. The van der Waals surface area contributed by atoms with Gasteiger partial charge in [0.05, 0.1) is 0 Å². The summed E-state index contributed by atoms with van der Waals surface area (Å²) in [7, 11) is 0. The number of hydrogen-bond acceptors (Lipinski definition) is 3. The summed E-state index contributed by atoms with van der Waals surface area (Å²) >= 11 is 3.29. The molecular weight excluding hydrogens is 352 g/mol. The van der Waals surface area contributed by atoms with Gasteiger partial charge in [0, 0.05) is 36.0 Å². The maximum atomic E-state index is 11.8. The van der Waals surface area contributed by atoms with E-state index >= 15 is 0 Å². The summed E-state index contributed by atoms with van der Waals surface area (Å²) in [6, 6.07) is 6.95. The number of carbonyl (C=O) groups is 3. The van der Waals surface area contributed by atoms with E-state index in [4.69, 9.17) is 5.11 Å². The second-order valence-corrected chi connectivity index (χ2v) is 5.63. The first-order chi connectivity index (χ1) is 10.5. The van der Waals surface area contributed by atoms with Gasteiger partial charge in [-0.25, -0.2) is 0 Å². The average Bonchev–Trinajstić information content (AvgIpc) is 2.47. The number of carbonyl (C=O) groups excluding carboxylic acids is 2. The van der Waals surface area contributed by atoms with E-state index in [1.165, 1.54) is 0 Å². The van der Waals surface area contributed by atoms with Crippen LogP contribution in [0.2, 0.25) is 0 Å². The highest BCUT2D eigenvalue weighted by Crippen LogP contribution is 2.10. The van der Waals surface area contributed by atoms with Crippen molar-refractivity contribution in [2.75, 3.05) is 13.1 Å². The van der Waals surface area contributed by atoms with Gasteiger partial charge in [0.15, 0.2) is 0 Å². The number of halogens is 1. The minimum atomic E-state index is -0.831. The number of amides is 2. The summed E-state index contributed by atoms with van der Waals surface area (Å²) in [5.74, 6) is -1.21. The molecule has 0 bridgehead atoms. The molecule has 1 rings (SSSR count). The summed E-state index contributed by atoms with van der Waals surface area (Å²) in [4.78, 5) is 33.6. The smallest absolute Gasteiger partial charge is 0.303 e. The van der Waals surface area contributed by atoms with E-state index in [2.05, 4.69) is 26.6 Å². The van der Waals surface area contributed by atoms with Crippen LogP contribution in [-0.4, -0.2) is 36.0 Å². The first kappa shape index (κ1) is 18.2. The Morgan fingerprint density at radius 2 is 1.64 bits per heavy atom. The molecule has 0 aliphatic rings. The molecule has 0 saturated carbocycles. The fraction of sp³-hybridized carbons (Fsp3) is 0.400. The van der Waals surface area contributed by atoms with Gasteiger partial charge in [-0.2, -0.15) is 0 Å². The summed E-state index contributed by atoms with van der Waals surface area (Å²) in [5.41, 5.74) is 0.539. The second kappa shape index (κ2) is 9.94. The van der Waals surface area contributed by atoms with Crippen LogP contribution in [0, 0.1) is 0 Å². The van der Waals surface area contributed by atoms with Crippen molar-refractivity contribution >= 4 is 33.7 Å². The maximum absolute atomic E-state index is 11.8. The molecule has 0 atom stereocenters. The Labute approximate surface area is 137 Å². The van der Waals surface area contributed by atoms with Gasteiger partial charge in [-0.15, -0.1) is 0 Å². The first-order valence-corrected chi connectivity index (χ1v) is 7.80. The van der Waals surface area contributed by atoms with Crippen LogP contribution < -0.4 is 10.6 Å². The Balaban J connectivity index is 2.13. The normalized spacial score (nSPS) is 10.0. The topological polar surface area (TPSA) is 95.5 Å². The number of hydrogen-bond donors (Lipinski definition) is 3. The van der Waals surface area contributed by atoms with Gasteiger partial charge in [0.2, 0.25) is 5.91 Å². The predicted octanol–water partition coefficient (Wildman–Crippen LogP) is 1.94. The Hall–Kier alpha value is -1.89. The van der Waals surface area contributed by atoms with Crippen LogP contribution in [0.25, 0.3) is 0 Å². The van der Waals surface area contributed by atoms with Crippen molar-refractivity contribution in [3.05, 3.63) is 34.3 Å². The molecule has 0 saturated heterocycles. The lowest BCUT2D eigenvalue weighted by Gasteiger charge is -2.06. The van der Waals surface area contributed by atoms with Gasteiger partial charge < -0.3 is 15.7 Å². The minimum absolute atomic E-state index is 0.110. The van der Waals surface area contributed by atoms with Crippen LogP contribution in [0.1, 0.15) is 36.0 Å². The molecule has 0 aliphatic carbocycles. The zero-order valence-corrected chi connectivity index (χ0v) is 13.7. The number of benzene rings is 1. The highest BCUT2D eigenvalue weighted by Gasteiger charge is 2.06. The minimum Gasteiger partial charge on any atom is -0.481 e. The number of carboxylic acid groups (broad SMARTS) is 1. The average molecular weight is 371 g/mol. The highest BCUT2D eigenvalue weighted by atomic mass is 79.9. The van der Waals surface area contributed by atoms with Crippen molar-refractivity contribution in [3.63, 3.8) is 0 Å². The van der Waals surface area contributed by atoms with E-state index in [9.17, 15) is 14.4 Å². The first-order valence-electron chi connectivity index (χ1n) is 7.01. The summed E-state index contributed by atoms with van der Waals surface area (Å²) in [5, 5.41) is 13.8. The fourth-order valence-corrected chi connectivity index (χ4v) is 1.97. The maximum Gasteiger partial charge on any atom is 0.303 e. The van der Waals surface area contributed by atoms with E-state index in [0.29, 0.717) is 24.9 Å². The largest absolute Gasteiger partial charge is 0.481 e. The number of unbranched alkanes of at least 4 members (excludes halogenated alkanes) is 1. The third-order valence-corrected chi connectivity index (χ3v) is 3.41. The molecule has 0 fully saturated rings. The van der Waals surface area contributed by atoms with Gasteiger partial charge in [0.1, 0.15) is 0 Å². The number of nitrogens with one attached hydrogen (secondary N) is 2. The molecule has 2 amide bonds. The van der Waals surface area contributed by atoms with Crippen LogP contribution in [-0.2, 0) is 9.59 Å². The Bertz CT molecular complexity index is 517. The molecule has 7 heteroatoms. The number of rotatable bonds is 9. The van der Waals surface area contributed by atoms with E-state index in [1.54, 1.807) is 24.3 Å². The molecule has 120 valence electrons. The summed E-state index contributed by atoms with van der Waals surface area (Å²) in [6.07, 6.45) is 1.47. The van der Waals surface area contributed by atoms with Gasteiger partial charge in [-0.05, 0) is 37.1 Å². The SMILES string of the molecule is O=C(O)CCCCNC(=O)CCNC(=O)c1ccc(Br)cc1. The van der Waals surface area contributed by atoms with Gasteiger partial charge in [-0.1, -0.05) is 15.9 Å². The lowest BCUT2D eigenvalue weighted by Crippen LogP contribution is -2.31. The highest BCUT2D eigenvalue weighted by molar-refractivity contribution is 9.10. The molecule has 0 aromatic heterocycles. The molecule has 1 aromatic carbocycles. The monoisotopic (exact) mass is 370 g/mol. The van der Waals surface area contributed by atoms with Gasteiger partial charge in [-0.3, -0.25) is 14.4 Å². The van der Waals surface area contributed by atoms with Crippen LogP contribution in [0.4, 0.5) is 0 Å². The van der Waals surface area contributed by atoms with E-state index in [1.807, 2.05) is 0 Å². The summed E-state index contributed by atoms with van der Waals surface area (Å²) in [6.45, 7) is 0.711. The molecule has 3 N–H and O–H groups in total. The molecular formula is C15H19BrN2O4. The standard InChI is InChI=1S/C15H19BrN2O4/c16-12-6-4-11(5-7-12)15(22)18-10-8-13(19)17-9-2-1-3-14(20)21/h4-7H,1-3,8-10H2,(H,17,19)(H,18,22)(H,20,21). The molecule has 0 unspecified atom stereocenters. The van der Waals surface area contributed by atoms with Crippen molar-refractivity contribution in [1.29, 1.82) is 0 Å². The van der Waals surface area contributed by atoms with Crippen LogP contribution in [0.5, 0.6) is 0 Å². The quantitative estimate of drug-likeness (QED) is 0.578. The Morgan fingerprint density at radius 3 is 2.27 bits per heavy atom. The lowest BCUT2D eigenvalue weighted by molar-refractivity contribution is -0.137. The molecule has 22 heavy (non-hydrogen) atoms. The number of aliphatic carboxylic acids is 1. The van der Waals surface area contributed by atoms with Crippen molar-refractivity contribution < 1.29 is 19.5 Å². The fourth-order valence-electron chi connectivity index (χ4n) is 1.71. The second-order valence-electron chi connectivity index (χ2n) is 4.71. The van der Waals surface area contributed by atoms with Crippen molar-refractivity contribution in [3.8, 4) is 0 Å². The molecule has 0 spiro atoms. The van der Waals surface area contributed by atoms with E-state index in [-0.39, 0.29) is 31.2 Å². The Kier molecular flexibility index (Phi) is 8.21. The molecule has 6 nitrogen and oxygen atoms in total.